The average Bonchev–Trinajstić information content (AvgIpc) is 2.12. The fraction of sp³-hybridized carbons (Fsp3) is 0.250. The largest absolute Gasteiger partial charge is 0.505 e. The molecule has 6 heteroatoms. The third-order valence-corrected chi connectivity index (χ3v) is 2.33. The van der Waals surface area contributed by atoms with Gasteiger partial charge >= 0.3 is 0 Å². The first kappa shape index (κ1) is 11.1. The Hall–Kier alpha value is -0.970. The minimum Gasteiger partial charge on any atom is -0.505 e. The van der Waals surface area contributed by atoms with Gasteiger partial charge in [-0.05, 0) is 28.7 Å². The van der Waals surface area contributed by atoms with Crippen molar-refractivity contribution in [2.24, 2.45) is 0 Å². The highest BCUT2D eigenvalue weighted by Gasteiger charge is 2.15. The molecule has 0 radical (unpaired) electrons. The van der Waals surface area contributed by atoms with E-state index in [-0.39, 0.29) is 21.4 Å². The van der Waals surface area contributed by atoms with Gasteiger partial charge in [-0.2, -0.15) is 5.26 Å². The molecule has 1 aromatic rings. The molecular formula is C8H5F2IN2O. The van der Waals surface area contributed by atoms with Crippen molar-refractivity contribution in [3.63, 3.8) is 0 Å². The van der Waals surface area contributed by atoms with E-state index in [0.29, 0.717) is 0 Å². The lowest BCUT2D eigenvalue weighted by atomic mass is 10.2. The van der Waals surface area contributed by atoms with Crippen molar-refractivity contribution in [2.75, 3.05) is 0 Å². The molecule has 0 fully saturated rings. The van der Waals surface area contributed by atoms with Gasteiger partial charge < -0.3 is 5.11 Å². The van der Waals surface area contributed by atoms with Crippen LogP contribution in [-0.4, -0.2) is 10.1 Å². The number of aromatic nitrogens is 1. The van der Waals surface area contributed by atoms with E-state index in [2.05, 4.69) is 4.98 Å². The van der Waals surface area contributed by atoms with Gasteiger partial charge in [0.2, 0.25) is 0 Å². The highest BCUT2D eigenvalue weighted by atomic mass is 127. The fourth-order valence-electron chi connectivity index (χ4n) is 0.887. The van der Waals surface area contributed by atoms with Gasteiger partial charge in [-0.1, -0.05) is 0 Å². The molecular weight excluding hydrogens is 305 g/mol. The second-order valence-corrected chi connectivity index (χ2v) is 3.62. The summed E-state index contributed by atoms with van der Waals surface area (Å²) < 4.78 is 24.8. The second kappa shape index (κ2) is 4.50. The number of hydrogen-bond donors (Lipinski definition) is 1. The molecule has 0 unspecified atom stereocenters. The molecule has 0 aliphatic heterocycles. The lowest BCUT2D eigenvalue weighted by Crippen LogP contribution is -1.98. The molecule has 14 heavy (non-hydrogen) atoms. The molecule has 0 aliphatic carbocycles. The predicted octanol–water partition coefficient (Wildman–Crippen LogP) is 2.40. The maximum Gasteiger partial charge on any atom is 0.280 e. The normalized spacial score (nSPS) is 10.2. The smallest absolute Gasteiger partial charge is 0.280 e. The van der Waals surface area contributed by atoms with Gasteiger partial charge in [-0.15, -0.1) is 0 Å². The minimum atomic E-state index is -2.69. The quantitative estimate of drug-likeness (QED) is 0.853. The van der Waals surface area contributed by atoms with E-state index >= 15 is 0 Å². The van der Waals surface area contributed by atoms with E-state index in [1.807, 2.05) is 0 Å². The van der Waals surface area contributed by atoms with Crippen molar-refractivity contribution in [3.05, 3.63) is 21.0 Å². The zero-order valence-electron chi connectivity index (χ0n) is 6.84. The first-order chi connectivity index (χ1) is 6.56. The van der Waals surface area contributed by atoms with E-state index in [4.69, 9.17) is 5.26 Å². The molecule has 0 aliphatic rings. The maximum absolute atomic E-state index is 12.3. The molecule has 1 heterocycles. The lowest BCUT2D eigenvalue weighted by Gasteiger charge is -2.05. The van der Waals surface area contributed by atoms with E-state index < -0.39 is 12.1 Å². The van der Waals surface area contributed by atoms with Crippen molar-refractivity contribution in [1.29, 1.82) is 5.26 Å². The third kappa shape index (κ3) is 2.29. The van der Waals surface area contributed by atoms with Gasteiger partial charge in [0.15, 0.2) is 5.75 Å². The summed E-state index contributed by atoms with van der Waals surface area (Å²) >= 11 is 1.72. The number of halogens is 3. The van der Waals surface area contributed by atoms with Gasteiger partial charge in [0.25, 0.3) is 6.43 Å². The fourth-order valence-corrected chi connectivity index (χ4v) is 1.52. The van der Waals surface area contributed by atoms with Crippen LogP contribution in [0.1, 0.15) is 17.8 Å². The SMILES string of the molecule is N#CCc1nc(C(F)F)cc(I)c1O. The standard InChI is InChI=1S/C8H5F2IN2O/c9-8(10)6-3-4(11)7(14)5(13-6)1-2-12/h3,8,14H,1H2. The van der Waals surface area contributed by atoms with Gasteiger partial charge in [0.1, 0.15) is 5.69 Å². The summed E-state index contributed by atoms with van der Waals surface area (Å²) in [6.07, 6.45) is -2.87. The topological polar surface area (TPSA) is 56.9 Å². The molecule has 74 valence electrons. The Morgan fingerprint density at radius 1 is 1.64 bits per heavy atom. The highest BCUT2D eigenvalue weighted by Crippen LogP contribution is 2.27. The van der Waals surface area contributed by atoms with Crippen molar-refractivity contribution >= 4 is 22.6 Å². The molecule has 0 atom stereocenters. The lowest BCUT2D eigenvalue weighted by molar-refractivity contribution is 0.145. The number of hydrogen-bond acceptors (Lipinski definition) is 3. The summed E-state index contributed by atoms with van der Waals surface area (Å²) in [6, 6.07) is 2.85. The van der Waals surface area contributed by atoms with E-state index in [0.717, 1.165) is 6.07 Å². The molecule has 3 nitrogen and oxygen atoms in total. The second-order valence-electron chi connectivity index (χ2n) is 2.46. The molecule has 0 aromatic carbocycles. The predicted molar refractivity (Wildman–Crippen MR) is 52.9 cm³/mol. The number of alkyl halides is 2. The minimum absolute atomic E-state index is 0.00491. The van der Waals surface area contributed by atoms with Crippen molar-refractivity contribution < 1.29 is 13.9 Å². The number of nitrogens with zero attached hydrogens (tertiary/aromatic N) is 2. The Morgan fingerprint density at radius 3 is 2.79 bits per heavy atom. The van der Waals surface area contributed by atoms with Crippen LogP contribution in [0.4, 0.5) is 8.78 Å². The van der Waals surface area contributed by atoms with Crippen LogP contribution in [0.15, 0.2) is 6.07 Å². The van der Waals surface area contributed by atoms with Crippen LogP contribution in [0.25, 0.3) is 0 Å². The van der Waals surface area contributed by atoms with Crippen LogP contribution in [0, 0.1) is 14.9 Å². The summed E-state index contributed by atoms with van der Waals surface area (Å²) in [5.41, 5.74) is -0.424. The molecule has 0 amide bonds. The van der Waals surface area contributed by atoms with Crippen LogP contribution in [-0.2, 0) is 6.42 Å². The summed E-state index contributed by atoms with van der Waals surface area (Å²) in [5, 5.41) is 17.7. The van der Waals surface area contributed by atoms with Gasteiger partial charge in [-0.3, -0.25) is 0 Å². The van der Waals surface area contributed by atoms with Gasteiger partial charge in [0, 0.05) is 0 Å². The number of aromatic hydroxyl groups is 1. The Bertz CT molecular complexity index is 390. The summed E-state index contributed by atoms with van der Waals surface area (Å²) in [7, 11) is 0. The Kier molecular flexibility index (Phi) is 3.57. The maximum atomic E-state index is 12.3. The zero-order valence-corrected chi connectivity index (χ0v) is 8.99. The van der Waals surface area contributed by atoms with E-state index in [9.17, 15) is 13.9 Å². The van der Waals surface area contributed by atoms with Crippen molar-refractivity contribution in [2.45, 2.75) is 12.8 Å². The number of pyridine rings is 1. The first-order valence-corrected chi connectivity index (χ1v) is 4.67. The summed E-state index contributed by atoms with van der Waals surface area (Å²) in [4.78, 5) is 3.50. The number of rotatable bonds is 2. The Morgan fingerprint density at radius 2 is 2.29 bits per heavy atom. The average molecular weight is 310 g/mol. The van der Waals surface area contributed by atoms with Crippen LogP contribution in [0.2, 0.25) is 0 Å². The molecule has 0 saturated carbocycles. The van der Waals surface area contributed by atoms with Crippen LogP contribution >= 0.6 is 22.6 Å². The molecule has 1 rings (SSSR count). The molecule has 0 saturated heterocycles. The third-order valence-electron chi connectivity index (χ3n) is 1.51. The molecule has 1 aromatic heterocycles. The monoisotopic (exact) mass is 310 g/mol. The highest BCUT2D eigenvalue weighted by molar-refractivity contribution is 14.1. The van der Waals surface area contributed by atoms with Crippen LogP contribution < -0.4 is 0 Å². The Labute approximate surface area is 92.5 Å². The molecule has 1 N–H and O–H groups in total. The van der Waals surface area contributed by atoms with E-state index in [1.54, 1.807) is 28.7 Å². The summed E-state index contributed by atoms with van der Waals surface area (Å²) in [5.74, 6) is -0.198. The number of nitriles is 1. The van der Waals surface area contributed by atoms with E-state index in [1.165, 1.54) is 0 Å². The van der Waals surface area contributed by atoms with Gasteiger partial charge in [-0.25, -0.2) is 13.8 Å². The van der Waals surface area contributed by atoms with Crippen molar-refractivity contribution in [3.8, 4) is 11.8 Å². The molecule has 0 bridgehead atoms. The van der Waals surface area contributed by atoms with Gasteiger partial charge in [0.05, 0.1) is 21.8 Å². The Balaban J connectivity index is 3.22. The molecule has 0 spiro atoms. The van der Waals surface area contributed by atoms with Crippen LogP contribution in [0.5, 0.6) is 5.75 Å². The zero-order chi connectivity index (χ0) is 10.7. The van der Waals surface area contributed by atoms with Crippen LogP contribution in [0.3, 0.4) is 0 Å². The first-order valence-electron chi connectivity index (χ1n) is 3.59. The summed E-state index contributed by atoms with van der Waals surface area (Å²) in [6.45, 7) is 0. The van der Waals surface area contributed by atoms with Crippen molar-refractivity contribution in [1.82, 2.24) is 4.98 Å².